The third-order valence-electron chi connectivity index (χ3n) is 1.79. The van der Waals surface area contributed by atoms with E-state index in [4.69, 9.17) is 20.7 Å². The second kappa shape index (κ2) is 7.16. The molecule has 0 saturated heterocycles. The summed E-state index contributed by atoms with van der Waals surface area (Å²) in [5.74, 6) is -1.73. The van der Waals surface area contributed by atoms with Crippen LogP contribution in [-0.2, 0) is 14.3 Å². The van der Waals surface area contributed by atoms with Crippen LogP contribution >= 0.6 is 0 Å². The molecule has 0 fully saturated rings. The van der Waals surface area contributed by atoms with Crippen molar-refractivity contribution in [2.45, 2.75) is 18.6 Å². The molecule has 0 aromatic carbocycles. The van der Waals surface area contributed by atoms with Crippen molar-refractivity contribution in [1.29, 1.82) is 0 Å². The van der Waals surface area contributed by atoms with Crippen molar-refractivity contribution in [2.75, 3.05) is 20.2 Å². The van der Waals surface area contributed by atoms with Crippen molar-refractivity contribution in [1.82, 2.24) is 5.32 Å². The van der Waals surface area contributed by atoms with Crippen LogP contribution in [0.3, 0.4) is 0 Å². The molecule has 2 atom stereocenters. The molecule has 5 N–H and O–H groups in total. The summed E-state index contributed by atoms with van der Waals surface area (Å²) < 4.78 is 4.75. The predicted octanol–water partition coefficient (Wildman–Crippen LogP) is -2.09. The van der Waals surface area contributed by atoms with Crippen molar-refractivity contribution in [3.05, 3.63) is 0 Å². The summed E-state index contributed by atoms with van der Waals surface area (Å²) in [6, 6.07) is 0. The Hall–Kier alpha value is -1.18. The molecule has 1 unspecified atom stereocenters. The Bertz CT molecular complexity index is 217. The van der Waals surface area contributed by atoms with Crippen LogP contribution in [0.2, 0.25) is 0 Å². The minimum Gasteiger partial charge on any atom is -0.479 e. The van der Waals surface area contributed by atoms with E-state index in [1.807, 2.05) is 0 Å². The molecular formula is C8H16N2O5. The fourth-order valence-corrected chi connectivity index (χ4v) is 0.880. The molecule has 0 aliphatic rings. The van der Waals surface area contributed by atoms with E-state index in [0.29, 0.717) is 0 Å². The molecule has 0 bridgehead atoms. The number of hydrogen-bond donors (Lipinski definition) is 4. The maximum absolute atomic E-state index is 11.2. The van der Waals surface area contributed by atoms with Crippen LogP contribution in [0.5, 0.6) is 0 Å². The smallest absolute Gasteiger partial charge is 0.332 e. The summed E-state index contributed by atoms with van der Waals surface area (Å²) in [6.07, 6.45) is -2.27. The Morgan fingerprint density at radius 3 is 2.53 bits per heavy atom. The van der Waals surface area contributed by atoms with Gasteiger partial charge in [-0.2, -0.15) is 0 Å². The van der Waals surface area contributed by atoms with E-state index in [-0.39, 0.29) is 19.5 Å². The lowest BCUT2D eigenvalue weighted by molar-refractivity contribution is -0.147. The second-order valence-electron chi connectivity index (χ2n) is 2.89. The summed E-state index contributed by atoms with van der Waals surface area (Å²) in [4.78, 5) is 21.4. The van der Waals surface area contributed by atoms with Gasteiger partial charge in [0, 0.05) is 26.6 Å². The van der Waals surface area contributed by atoms with E-state index >= 15 is 0 Å². The van der Waals surface area contributed by atoms with Gasteiger partial charge in [0.05, 0.1) is 0 Å². The normalized spacial score (nSPS) is 14.3. The first kappa shape index (κ1) is 13.8. The minimum absolute atomic E-state index is 0.0455. The average Bonchev–Trinajstić information content (AvgIpc) is 2.19. The summed E-state index contributed by atoms with van der Waals surface area (Å²) in [5, 5.41) is 19.6. The average molecular weight is 220 g/mol. The van der Waals surface area contributed by atoms with Gasteiger partial charge in [0.15, 0.2) is 6.10 Å². The maximum atomic E-state index is 11.2. The van der Waals surface area contributed by atoms with Crippen LogP contribution in [0.1, 0.15) is 6.42 Å². The van der Waals surface area contributed by atoms with Gasteiger partial charge in [-0.05, 0) is 0 Å². The molecule has 0 radical (unpaired) electrons. The van der Waals surface area contributed by atoms with E-state index in [0.717, 1.165) is 0 Å². The maximum Gasteiger partial charge on any atom is 0.332 e. The highest BCUT2D eigenvalue weighted by Crippen LogP contribution is 1.91. The lowest BCUT2D eigenvalue weighted by Crippen LogP contribution is -2.41. The fraction of sp³-hybridized carbons (Fsp3) is 0.750. The quantitative estimate of drug-likeness (QED) is 0.390. The van der Waals surface area contributed by atoms with E-state index in [9.17, 15) is 9.59 Å². The monoisotopic (exact) mass is 220 g/mol. The number of methoxy groups -OCH3 is 1. The number of rotatable bonds is 7. The first-order valence-corrected chi connectivity index (χ1v) is 4.44. The highest BCUT2D eigenvalue weighted by molar-refractivity contribution is 5.81. The van der Waals surface area contributed by atoms with Gasteiger partial charge in [-0.3, -0.25) is 4.79 Å². The first-order valence-electron chi connectivity index (χ1n) is 4.44. The molecule has 0 aromatic heterocycles. The van der Waals surface area contributed by atoms with Gasteiger partial charge in [0.2, 0.25) is 5.91 Å². The highest BCUT2D eigenvalue weighted by Gasteiger charge is 2.17. The summed E-state index contributed by atoms with van der Waals surface area (Å²) >= 11 is 0. The first-order chi connectivity index (χ1) is 7.02. The topological polar surface area (TPSA) is 122 Å². The number of aliphatic hydroxyl groups excluding tert-OH is 1. The number of carboxylic acids is 1. The SMILES string of the molecule is COC(CN)C(=O)NCC[C@H](O)C(=O)O. The Morgan fingerprint density at radius 2 is 2.13 bits per heavy atom. The molecule has 0 rings (SSSR count). The molecule has 7 nitrogen and oxygen atoms in total. The number of ether oxygens (including phenoxy) is 1. The predicted molar refractivity (Wildman–Crippen MR) is 51.1 cm³/mol. The highest BCUT2D eigenvalue weighted by atomic mass is 16.5. The van der Waals surface area contributed by atoms with E-state index in [1.54, 1.807) is 0 Å². The van der Waals surface area contributed by atoms with Crippen LogP contribution in [-0.4, -0.2) is 54.5 Å². The van der Waals surface area contributed by atoms with E-state index in [1.165, 1.54) is 7.11 Å². The molecular weight excluding hydrogens is 204 g/mol. The molecule has 0 heterocycles. The molecule has 0 saturated carbocycles. The number of nitrogens with two attached hydrogens (primary N) is 1. The van der Waals surface area contributed by atoms with Crippen molar-refractivity contribution in [2.24, 2.45) is 5.73 Å². The molecule has 0 aliphatic carbocycles. The second-order valence-corrected chi connectivity index (χ2v) is 2.89. The molecule has 88 valence electrons. The zero-order chi connectivity index (χ0) is 11.8. The zero-order valence-electron chi connectivity index (χ0n) is 8.47. The van der Waals surface area contributed by atoms with Crippen molar-refractivity contribution >= 4 is 11.9 Å². The van der Waals surface area contributed by atoms with Gasteiger partial charge in [-0.25, -0.2) is 4.79 Å². The molecule has 15 heavy (non-hydrogen) atoms. The third kappa shape index (κ3) is 5.31. The third-order valence-corrected chi connectivity index (χ3v) is 1.79. The van der Waals surface area contributed by atoms with Crippen molar-refractivity contribution in [3.63, 3.8) is 0 Å². The number of hydrogen-bond acceptors (Lipinski definition) is 5. The van der Waals surface area contributed by atoms with E-state index < -0.39 is 24.1 Å². The van der Waals surface area contributed by atoms with Gasteiger partial charge in [0.25, 0.3) is 0 Å². The standard InChI is InChI=1S/C8H16N2O5/c1-15-6(4-9)7(12)10-3-2-5(11)8(13)14/h5-6,11H,2-4,9H2,1H3,(H,10,12)(H,13,14)/t5-,6?/m0/s1. The number of nitrogens with one attached hydrogen (secondary N) is 1. The number of amides is 1. The largest absolute Gasteiger partial charge is 0.479 e. The van der Waals surface area contributed by atoms with Gasteiger partial charge < -0.3 is 26.0 Å². The Morgan fingerprint density at radius 1 is 1.53 bits per heavy atom. The summed E-state index contributed by atoms with van der Waals surface area (Å²) in [7, 11) is 1.35. The van der Waals surface area contributed by atoms with Gasteiger partial charge >= 0.3 is 5.97 Å². The molecule has 0 aromatic rings. The number of carbonyl (C=O) groups excluding carboxylic acids is 1. The number of carbonyl (C=O) groups is 2. The van der Waals surface area contributed by atoms with E-state index in [2.05, 4.69) is 5.32 Å². The van der Waals surface area contributed by atoms with Crippen molar-refractivity contribution < 1.29 is 24.5 Å². The van der Waals surface area contributed by atoms with Crippen LogP contribution in [0.25, 0.3) is 0 Å². The fourth-order valence-electron chi connectivity index (χ4n) is 0.880. The summed E-state index contributed by atoms with van der Waals surface area (Å²) in [5.41, 5.74) is 5.23. The summed E-state index contributed by atoms with van der Waals surface area (Å²) in [6.45, 7) is 0.107. The number of aliphatic carboxylic acids is 1. The lowest BCUT2D eigenvalue weighted by Gasteiger charge is -2.13. The lowest BCUT2D eigenvalue weighted by atomic mass is 10.2. The zero-order valence-corrected chi connectivity index (χ0v) is 8.47. The number of carboxylic acid groups (broad SMARTS) is 1. The Labute approximate surface area is 87.2 Å². The molecule has 7 heteroatoms. The molecule has 0 aliphatic heterocycles. The van der Waals surface area contributed by atoms with Gasteiger partial charge in [-0.15, -0.1) is 0 Å². The van der Waals surface area contributed by atoms with Crippen LogP contribution < -0.4 is 11.1 Å². The molecule has 1 amide bonds. The van der Waals surface area contributed by atoms with Gasteiger partial charge in [-0.1, -0.05) is 0 Å². The van der Waals surface area contributed by atoms with Crippen molar-refractivity contribution in [3.8, 4) is 0 Å². The van der Waals surface area contributed by atoms with Crippen LogP contribution in [0.4, 0.5) is 0 Å². The van der Waals surface area contributed by atoms with Gasteiger partial charge in [0.1, 0.15) is 6.10 Å². The van der Waals surface area contributed by atoms with Crippen LogP contribution in [0, 0.1) is 0 Å². The Kier molecular flexibility index (Phi) is 6.59. The number of aliphatic hydroxyl groups is 1. The molecule has 0 spiro atoms. The minimum atomic E-state index is -1.47. The van der Waals surface area contributed by atoms with Crippen LogP contribution in [0.15, 0.2) is 0 Å². The Balaban J connectivity index is 3.76.